The number of nitro groups is 1. The Morgan fingerprint density at radius 2 is 2.33 bits per heavy atom. The summed E-state index contributed by atoms with van der Waals surface area (Å²) in [6.07, 6.45) is 2.56. The van der Waals surface area contributed by atoms with Gasteiger partial charge in [-0.15, -0.1) is 0 Å². The van der Waals surface area contributed by atoms with Crippen LogP contribution >= 0.6 is 0 Å². The van der Waals surface area contributed by atoms with Crippen LogP contribution in [-0.4, -0.2) is 42.7 Å². The first-order valence-corrected chi connectivity index (χ1v) is 7.43. The molecule has 0 aromatic heterocycles. The van der Waals surface area contributed by atoms with Gasteiger partial charge in [0.15, 0.2) is 0 Å². The van der Waals surface area contributed by atoms with Crippen LogP contribution in [0.5, 0.6) is 0 Å². The van der Waals surface area contributed by atoms with Gasteiger partial charge in [0.25, 0.3) is 5.69 Å². The Labute approximate surface area is 125 Å². The van der Waals surface area contributed by atoms with E-state index in [9.17, 15) is 10.1 Å². The van der Waals surface area contributed by atoms with E-state index in [1.807, 2.05) is 19.1 Å². The van der Waals surface area contributed by atoms with E-state index in [0.29, 0.717) is 11.8 Å². The highest BCUT2D eigenvalue weighted by Gasteiger charge is 2.21. The summed E-state index contributed by atoms with van der Waals surface area (Å²) in [5, 5.41) is 13.8. The normalized spacial score (nSPS) is 19.4. The predicted octanol–water partition coefficient (Wildman–Crippen LogP) is 2.64. The molecule has 1 aromatic rings. The SMILES string of the molecule is CCOC1CCCN(Cc2ccc([N+](=O)[O-])c(NC)c2)C1. The van der Waals surface area contributed by atoms with Crippen molar-refractivity contribution in [2.75, 3.05) is 32.1 Å². The predicted molar refractivity (Wildman–Crippen MR) is 82.6 cm³/mol. The highest BCUT2D eigenvalue weighted by atomic mass is 16.6. The van der Waals surface area contributed by atoms with Crippen molar-refractivity contribution in [1.82, 2.24) is 4.90 Å². The molecule has 6 heteroatoms. The zero-order valence-electron chi connectivity index (χ0n) is 12.7. The third-order valence-corrected chi connectivity index (χ3v) is 3.80. The summed E-state index contributed by atoms with van der Waals surface area (Å²) in [6.45, 7) is 5.56. The first-order valence-electron chi connectivity index (χ1n) is 7.43. The molecule has 6 nitrogen and oxygen atoms in total. The van der Waals surface area contributed by atoms with E-state index in [1.165, 1.54) is 0 Å². The third-order valence-electron chi connectivity index (χ3n) is 3.80. The lowest BCUT2D eigenvalue weighted by atomic mass is 10.1. The van der Waals surface area contributed by atoms with Crippen molar-refractivity contribution in [2.24, 2.45) is 0 Å². The minimum absolute atomic E-state index is 0.118. The van der Waals surface area contributed by atoms with Crippen LogP contribution < -0.4 is 5.32 Å². The van der Waals surface area contributed by atoms with Crippen molar-refractivity contribution >= 4 is 11.4 Å². The molecule has 1 aliphatic heterocycles. The molecular formula is C15H23N3O3. The molecule has 0 aliphatic carbocycles. The van der Waals surface area contributed by atoms with Crippen LogP contribution in [0.3, 0.4) is 0 Å². The monoisotopic (exact) mass is 293 g/mol. The number of piperidine rings is 1. The van der Waals surface area contributed by atoms with Gasteiger partial charge in [0, 0.05) is 32.8 Å². The second kappa shape index (κ2) is 7.38. The number of nitrogens with one attached hydrogen (secondary N) is 1. The number of nitro benzene ring substituents is 1. The Bertz CT molecular complexity index is 491. The van der Waals surface area contributed by atoms with Crippen molar-refractivity contribution in [3.8, 4) is 0 Å². The summed E-state index contributed by atoms with van der Waals surface area (Å²) in [4.78, 5) is 12.9. The highest BCUT2D eigenvalue weighted by molar-refractivity contribution is 5.62. The number of likely N-dealkylation sites (tertiary alicyclic amines) is 1. The first-order chi connectivity index (χ1) is 10.1. The molecule has 1 aliphatic rings. The molecule has 1 saturated heterocycles. The maximum absolute atomic E-state index is 10.9. The van der Waals surface area contributed by atoms with E-state index in [-0.39, 0.29) is 10.6 Å². The summed E-state index contributed by atoms with van der Waals surface area (Å²) in [5.74, 6) is 0. The van der Waals surface area contributed by atoms with E-state index in [4.69, 9.17) is 4.74 Å². The lowest BCUT2D eigenvalue weighted by Crippen LogP contribution is -2.39. The molecule has 0 bridgehead atoms. The highest BCUT2D eigenvalue weighted by Crippen LogP contribution is 2.26. The fourth-order valence-electron chi connectivity index (χ4n) is 2.83. The number of hydrogen-bond donors (Lipinski definition) is 1. The van der Waals surface area contributed by atoms with Gasteiger partial charge in [-0.3, -0.25) is 15.0 Å². The second-order valence-corrected chi connectivity index (χ2v) is 5.31. The van der Waals surface area contributed by atoms with Crippen LogP contribution in [-0.2, 0) is 11.3 Å². The number of benzene rings is 1. The topological polar surface area (TPSA) is 67.6 Å². The molecule has 0 radical (unpaired) electrons. The standard InChI is InChI=1S/C15H23N3O3/c1-3-21-13-5-4-8-17(11-13)10-12-6-7-15(18(19)20)14(9-12)16-2/h6-7,9,13,16H,3-5,8,10-11H2,1-2H3. The van der Waals surface area contributed by atoms with Crippen molar-refractivity contribution in [3.63, 3.8) is 0 Å². The van der Waals surface area contributed by atoms with E-state index in [2.05, 4.69) is 10.2 Å². The Hall–Kier alpha value is -1.66. The van der Waals surface area contributed by atoms with Crippen LogP contribution in [0.1, 0.15) is 25.3 Å². The van der Waals surface area contributed by atoms with Gasteiger partial charge < -0.3 is 10.1 Å². The van der Waals surface area contributed by atoms with Crippen LogP contribution in [0, 0.1) is 10.1 Å². The minimum Gasteiger partial charge on any atom is -0.383 e. The molecule has 1 heterocycles. The largest absolute Gasteiger partial charge is 0.383 e. The van der Waals surface area contributed by atoms with Gasteiger partial charge in [-0.1, -0.05) is 6.07 Å². The molecule has 1 unspecified atom stereocenters. The molecule has 0 amide bonds. The van der Waals surface area contributed by atoms with Crippen molar-refractivity contribution < 1.29 is 9.66 Å². The van der Waals surface area contributed by atoms with E-state index >= 15 is 0 Å². The smallest absolute Gasteiger partial charge is 0.292 e. The molecule has 0 spiro atoms. The molecule has 116 valence electrons. The summed E-state index contributed by atoms with van der Waals surface area (Å²) in [6, 6.07) is 5.27. The van der Waals surface area contributed by atoms with Crippen molar-refractivity contribution in [3.05, 3.63) is 33.9 Å². The lowest BCUT2D eigenvalue weighted by Gasteiger charge is -2.32. The zero-order chi connectivity index (χ0) is 15.2. The van der Waals surface area contributed by atoms with Crippen LogP contribution in [0.4, 0.5) is 11.4 Å². The van der Waals surface area contributed by atoms with Gasteiger partial charge in [-0.05, 0) is 37.9 Å². The molecule has 2 rings (SSSR count). The number of rotatable bonds is 6. The van der Waals surface area contributed by atoms with Gasteiger partial charge in [0.05, 0.1) is 11.0 Å². The zero-order valence-corrected chi connectivity index (χ0v) is 12.7. The quantitative estimate of drug-likeness (QED) is 0.645. The van der Waals surface area contributed by atoms with Crippen molar-refractivity contribution in [2.45, 2.75) is 32.4 Å². The average molecular weight is 293 g/mol. The van der Waals surface area contributed by atoms with Crippen LogP contribution in [0.25, 0.3) is 0 Å². The fraction of sp³-hybridized carbons (Fsp3) is 0.600. The van der Waals surface area contributed by atoms with Gasteiger partial charge in [-0.25, -0.2) is 0 Å². The lowest BCUT2D eigenvalue weighted by molar-refractivity contribution is -0.384. The Balaban J connectivity index is 2.04. The number of nitrogens with zero attached hydrogens (tertiary/aromatic N) is 2. The summed E-state index contributed by atoms with van der Waals surface area (Å²) >= 11 is 0. The average Bonchev–Trinajstić information content (AvgIpc) is 2.47. The van der Waals surface area contributed by atoms with Crippen molar-refractivity contribution in [1.29, 1.82) is 0 Å². The number of ether oxygens (including phenoxy) is 1. The second-order valence-electron chi connectivity index (χ2n) is 5.31. The molecule has 1 atom stereocenters. The molecular weight excluding hydrogens is 270 g/mol. The van der Waals surface area contributed by atoms with Crippen LogP contribution in [0.15, 0.2) is 18.2 Å². The van der Waals surface area contributed by atoms with E-state index in [1.54, 1.807) is 13.1 Å². The summed E-state index contributed by atoms with van der Waals surface area (Å²) in [7, 11) is 1.71. The van der Waals surface area contributed by atoms with Crippen LogP contribution in [0.2, 0.25) is 0 Å². The minimum atomic E-state index is -0.359. The molecule has 1 fully saturated rings. The first kappa shape index (κ1) is 15.7. The van der Waals surface area contributed by atoms with Gasteiger partial charge in [0.2, 0.25) is 0 Å². The molecule has 21 heavy (non-hydrogen) atoms. The van der Waals surface area contributed by atoms with E-state index < -0.39 is 0 Å². The number of hydrogen-bond acceptors (Lipinski definition) is 5. The van der Waals surface area contributed by atoms with E-state index in [0.717, 1.165) is 44.6 Å². The fourth-order valence-corrected chi connectivity index (χ4v) is 2.83. The summed E-state index contributed by atoms with van der Waals surface area (Å²) in [5.41, 5.74) is 1.77. The Kier molecular flexibility index (Phi) is 5.52. The Morgan fingerprint density at radius 1 is 1.52 bits per heavy atom. The molecule has 1 N–H and O–H groups in total. The van der Waals surface area contributed by atoms with Gasteiger partial charge in [-0.2, -0.15) is 0 Å². The van der Waals surface area contributed by atoms with Gasteiger partial charge >= 0.3 is 0 Å². The maximum Gasteiger partial charge on any atom is 0.292 e. The van der Waals surface area contributed by atoms with Gasteiger partial charge in [0.1, 0.15) is 5.69 Å². The summed E-state index contributed by atoms with van der Waals surface area (Å²) < 4.78 is 5.70. The molecule has 1 aromatic carbocycles. The Morgan fingerprint density at radius 3 is 3.00 bits per heavy atom. The maximum atomic E-state index is 10.9. The number of anilines is 1. The third kappa shape index (κ3) is 4.15. The molecule has 0 saturated carbocycles.